The van der Waals surface area contributed by atoms with E-state index in [2.05, 4.69) is 4.72 Å². The summed E-state index contributed by atoms with van der Waals surface area (Å²) in [4.78, 5) is 14.8. The number of methoxy groups -OCH3 is 1. The van der Waals surface area contributed by atoms with E-state index in [4.69, 9.17) is 4.74 Å². The van der Waals surface area contributed by atoms with E-state index in [1.165, 1.54) is 19.2 Å². The summed E-state index contributed by atoms with van der Waals surface area (Å²) in [5, 5.41) is 0. The van der Waals surface area contributed by atoms with Crippen LogP contribution in [0.1, 0.15) is 45.9 Å². The highest BCUT2D eigenvalue weighted by Gasteiger charge is 2.28. The Hall–Kier alpha value is -3.16. The second-order valence-corrected chi connectivity index (χ2v) is 9.90. The van der Waals surface area contributed by atoms with E-state index in [0.717, 1.165) is 29.5 Å². The maximum absolute atomic E-state index is 13.5. The highest BCUT2D eigenvalue weighted by molar-refractivity contribution is 7.89. The van der Waals surface area contributed by atoms with Gasteiger partial charge in [0.2, 0.25) is 10.0 Å². The molecule has 0 radical (unpaired) electrons. The number of nitrogens with one attached hydrogen (secondary N) is 1. The molecule has 6 nitrogen and oxygen atoms in total. The molecule has 1 N–H and O–H groups in total. The molecule has 0 aromatic heterocycles. The van der Waals surface area contributed by atoms with Crippen LogP contribution in [0.2, 0.25) is 0 Å². The number of amides is 1. The van der Waals surface area contributed by atoms with Crippen molar-refractivity contribution < 1.29 is 17.9 Å². The van der Waals surface area contributed by atoms with Gasteiger partial charge >= 0.3 is 0 Å². The first-order valence-electron chi connectivity index (χ1n) is 11.0. The molecule has 0 aliphatic carbocycles. The molecule has 1 unspecified atom stereocenters. The van der Waals surface area contributed by atoms with Crippen LogP contribution in [0.3, 0.4) is 0 Å². The van der Waals surface area contributed by atoms with Crippen LogP contribution in [0.5, 0.6) is 5.75 Å². The topological polar surface area (TPSA) is 75.7 Å². The molecule has 33 heavy (non-hydrogen) atoms. The fourth-order valence-corrected chi connectivity index (χ4v) is 5.43. The number of likely N-dealkylation sites (tertiary alicyclic amines) is 1. The molecule has 3 aromatic rings. The van der Waals surface area contributed by atoms with E-state index in [1.807, 2.05) is 61.5 Å². The van der Waals surface area contributed by atoms with Crippen LogP contribution in [0.25, 0.3) is 0 Å². The fourth-order valence-electron chi connectivity index (χ4n) is 4.20. The van der Waals surface area contributed by atoms with Crippen molar-refractivity contribution in [3.8, 4) is 5.75 Å². The Morgan fingerprint density at radius 3 is 2.30 bits per heavy atom. The number of carbonyl (C=O) groups is 1. The Morgan fingerprint density at radius 1 is 0.970 bits per heavy atom. The summed E-state index contributed by atoms with van der Waals surface area (Å²) in [7, 11) is -2.48. The first-order chi connectivity index (χ1) is 15.9. The molecule has 0 saturated carbocycles. The van der Waals surface area contributed by atoms with E-state index >= 15 is 0 Å². The Labute approximate surface area is 195 Å². The Bertz CT molecular complexity index is 1240. The molecule has 3 aromatic carbocycles. The summed E-state index contributed by atoms with van der Waals surface area (Å²) in [6, 6.07) is 21.0. The van der Waals surface area contributed by atoms with Gasteiger partial charge in [-0.2, -0.15) is 4.72 Å². The smallest absolute Gasteiger partial charge is 0.257 e. The first kappa shape index (κ1) is 23.0. The monoisotopic (exact) mass is 464 g/mol. The van der Waals surface area contributed by atoms with Crippen LogP contribution in [-0.2, 0) is 10.0 Å². The van der Waals surface area contributed by atoms with E-state index in [0.29, 0.717) is 18.8 Å². The van der Waals surface area contributed by atoms with Crippen LogP contribution in [-0.4, -0.2) is 39.4 Å². The van der Waals surface area contributed by atoms with Gasteiger partial charge in [0.1, 0.15) is 5.75 Å². The minimum absolute atomic E-state index is 0.0281. The lowest BCUT2D eigenvalue weighted by molar-refractivity contribution is 0.0789. The summed E-state index contributed by atoms with van der Waals surface area (Å²) in [5.74, 6) is 0.157. The lowest BCUT2D eigenvalue weighted by Crippen LogP contribution is -2.31. The number of nitrogens with zero attached hydrogens (tertiary/aromatic N) is 1. The van der Waals surface area contributed by atoms with Crippen molar-refractivity contribution in [3.63, 3.8) is 0 Å². The van der Waals surface area contributed by atoms with Crippen molar-refractivity contribution in [2.75, 3.05) is 20.2 Å². The van der Waals surface area contributed by atoms with Crippen molar-refractivity contribution >= 4 is 15.9 Å². The summed E-state index contributed by atoms with van der Waals surface area (Å²) in [6.07, 6.45) is 1.89. The highest BCUT2D eigenvalue weighted by atomic mass is 32.2. The molecular formula is C26H28N2O4S. The number of hydrogen-bond donors (Lipinski definition) is 1. The molecule has 1 atom stereocenters. The standard InChI is InChI=1S/C26H28N2O4S/c1-19-10-6-7-13-22(19)25(20-11-4-3-5-12-20)27-33(30,31)21-14-15-24(32-2)23(18-21)26(29)28-16-8-9-17-28/h3-7,10-15,18,25,27H,8-9,16-17H2,1-2H3. The van der Waals surface area contributed by atoms with Gasteiger partial charge in [-0.15, -0.1) is 0 Å². The second kappa shape index (κ2) is 9.77. The van der Waals surface area contributed by atoms with Gasteiger partial charge in [-0.05, 0) is 54.7 Å². The molecule has 7 heteroatoms. The zero-order valence-corrected chi connectivity index (χ0v) is 19.6. The second-order valence-electron chi connectivity index (χ2n) is 8.18. The van der Waals surface area contributed by atoms with Crippen molar-refractivity contribution in [2.24, 2.45) is 0 Å². The Balaban J connectivity index is 1.73. The molecule has 1 heterocycles. The molecule has 172 valence electrons. The molecule has 1 fully saturated rings. The number of sulfonamides is 1. The maximum Gasteiger partial charge on any atom is 0.257 e. The number of rotatable bonds is 7. The summed E-state index contributed by atoms with van der Waals surface area (Å²) < 4.78 is 35.3. The average molecular weight is 465 g/mol. The normalized spacial score (nSPS) is 14.8. The van der Waals surface area contributed by atoms with Crippen molar-refractivity contribution in [1.29, 1.82) is 0 Å². The number of hydrogen-bond acceptors (Lipinski definition) is 4. The van der Waals surface area contributed by atoms with Gasteiger partial charge in [-0.25, -0.2) is 8.42 Å². The number of benzene rings is 3. The SMILES string of the molecule is COc1ccc(S(=O)(=O)NC(c2ccccc2)c2ccccc2C)cc1C(=O)N1CCCC1. The van der Waals surface area contributed by atoms with E-state index in [-0.39, 0.29) is 16.4 Å². The maximum atomic E-state index is 13.5. The van der Waals surface area contributed by atoms with Gasteiger partial charge in [0.25, 0.3) is 5.91 Å². The molecule has 1 amide bonds. The van der Waals surface area contributed by atoms with Crippen LogP contribution in [0.4, 0.5) is 0 Å². The van der Waals surface area contributed by atoms with Crippen molar-refractivity contribution in [1.82, 2.24) is 9.62 Å². The lowest BCUT2D eigenvalue weighted by Gasteiger charge is -2.22. The average Bonchev–Trinajstić information content (AvgIpc) is 3.38. The summed E-state index contributed by atoms with van der Waals surface area (Å²) in [5.41, 5.74) is 2.94. The minimum atomic E-state index is -3.95. The Morgan fingerprint density at radius 2 is 1.64 bits per heavy atom. The molecule has 0 spiro atoms. The van der Waals surface area contributed by atoms with Crippen LogP contribution < -0.4 is 9.46 Å². The molecule has 0 bridgehead atoms. The Kier molecular flexibility index (Phi) is 6.81. The van der Waals surface area contributed by atoms with Gasteiger partial charge in [0, 0.05) is 13.1 Å². The molecule has 1 aliphatic rings. The zero-order chi connectivity index (χ0) is 23.4. The summed E-state index contributed by atoms with van der Waals surface area (Å²) in [6.45, 7) is 3.29. The van der Waals surface area contributed by atoms with Gasteiger partial charge in [0.15, 0.2) is 0 Å². The molecular weight excluding hydrogens is 436 g/mol. The minimum Gasteiger partial charge on any atom is -0.496 e. The van der Waals surface area contributed by atoms with Crippen molar-refractivity contribution in [3.05, 3.63) is 95.1 Å². The third kappa shape index (κ3) is 4.94. The quantitative estimate of drug-likeness (QED) is 0.565. The summed E-state index contributed by atoms with van der Waals surface area (Å²) >= 11 is 0. The van der Waals surface area contributed by atoms with Crippen molar-refractivity contribution in [2.45, 2.75) is 30.7 Å². The first-order valence-corrected chi connectivity index (χ1v) is 12.5. The predicted octanol–water partition coefficient (Wildman–Crippen LogP) is 4.31. The van der Waals surface area contributed by atoms with Gasteiger partial charge in [-0.3, -0.25) is 4.79 Å². The van der Waals surface area contributed by atoms with Crippen LogP contribution >= 0.6 is 0 Å². The zero-order valence-electron chi connectivity index (χ0n) is 18.8. The van der Waals surface area contributed by atoms with E-state index in [1.54, 1.807) is 11.0 Å². The van der Waals surface area contributed by atoms with Gasteiger partial charge < -0.3 is 9.64 Å². The third-order valence-electron chi connectivity index (χ3n) is 6.01. The number of carbonyl (C=O) groups excluding carboxylic acids is 1. The van der Waals surface area contributed by atoms with Crippen LogP contribution in [0.15, 0.2) is 77.7 Å². The predicted molar refractivity (Wildman–Crippen MR) is 128 cm³/mol. The van der Waals surface area contributed by atoms with Gasteiger partial charge in [0.05, 0.1) is 23.6 Å². The third-order valence-corrected chi connectivity index (χ3v) is 7.43. The van der Waals surface area contributed by atoms with E-state index in [9.17, 15) is 13.2 Å². The highest BCUT2D eigenvalue weighted by Crippen LogP contribution is 2.29. The fraction of sp³-hybridized carbons (Fsp3) is 0.269. The molecule has 1 aliphatic heterocycles. The van der Waals surface area contributed by atoms with Gasteiger partial charge in [-0.1, -0.05) is 54.6 Å². The number of ether oxygens (including phenoxy) is 1. The molecule has 4 rings (SSSR count). The van der Waals surface area contributed by atoms with E-state index < -0.39 is 16.1 Å². The van der Waals surface area contributed by atoms with Crippen LogP contribution in [0, 0.1) is 6.92 Å². The lowest BCUT2D eigenvalue weighted by atomic mass is 9.96. The number of aryl methyl sites for hydroxylation is 1. The largest absolute Gasteiger partial charge is 0.496 e. The molecule has 1 saturated heterocycles.